The molecule has 0 spiro atoms. The van der Waals surface area contributed by atoms with E-state index in [-0.39, 0.29) is 18.2 Å². The normalized spacial score (nSPS) is 16.8. The van der Waals surface area contributed by atoms with Crippen LogP contribution in [-0.2, 0) is 17.8 Å². The number of halogens is 1. The lowest BCUT2D eigenvalue weighted by Crippen LogP contribution is -2.17. The highest BCUT2D eigenvalue weighted by molar-refractivity contribution is 5.86. The molecule has 0 saturated carbocycles. The molecule has 128 valence electrons. The maximum absolute atomic E-state index is 13.8. The lowest BCUT2D eigenvalue weighted by atomic mass is 9.84. The number of carbonyl (C=O) groups is 1. The van der Waals surface area contributed by atoms with Gasteiger partial charge in [0.2, 0.25) is 0 Å². The van der Waals surface area contributed by atoms with Crippen molar-refractivity contribution in [2.75, 3.05) is 0 Å². The number of aliphatic carboxylic acids is 1. The number of aromatic nitrogens is 1. The van der Waals surface area contributed by atoms with Crippen LogP contribution in [0.5, 0.6) is 0 Å². The van der Waals surface area contributed by atoms with Gasteiger partial charge in [-0.15, -0.1) is 0 Å². The number of aryl methyl sites for hydroxylation is 1. The number of fused-ring (bicyclic) bond motifs is 3. The lowest BCUT2D eigenvalue weighted by molar-refractivity contribution is -0.137. The van der Waals surface area contributed by atoms with Gasteiger partial charge in [0.25, 0.3) is 0 Å². The minimum Gasteiger partial charge on any atom is -0.481 e. The fraction of sp³-hybridized carbons (Fsp3) is 0.286. The smallest absolute Gasteiger partial charge is 0.304 e. The zero-order chi connectivity index (χ0) is 17.4. The van der Waals surface area contributed by atoms with Crippen LogP contribution in [0.1, 0.15) is 42.0 Å². The lowest BCUT2D eigenvalue weighted by Gasteiger charge is -2.24. The van der Waals surface area contributed by atoms with E-state index in [1.807, 2.05) is 24.3 Å². The molecule has 4 heteroatoms. The molecule has 0 fully saturated rings. The van der Waals surface area contributed by atoms with Crippen LogP contribution in [-0.4, -0.2) is 15.6 Å². The van der Waals surface area contributed by atoms with Crippen molar-refractivity contribution in [3.63, 3.8) is 0 Å². The molecule has 1 atom stereocenters. The summed E-state index contributed by atoms with van der Waals surface area (Å²) >= 11 is 0. The third-order valence-electron chi connectivity index (χ3n) is 5.15. The zero-order valence-electron chi connectivity index (χ0n) is 13.9. The molecule has 1 aliphatic carbocycles. The van der Waals surface area contributed by atoms with Gasteiger partial charge in [0.15, 0.2) is 0 Å². The van der Waals surface area contributed by atoms with E-state index >= 15 is 0 Å². The molecule has 3 aromatic rings. The molecular weight excluding hydrogens is 317 g/mol. The molecule has 2 aromatic carbocycles. The van der Waals surface area contributed by atoms with E-state index in [4.69, 9.17) is 0 Å². The summed E-state index contributed by atoms with van der Waals surface area (Å²) in [5.74, 6) is -1.03. The molecule has 1 N–H and O–H groups in total. The fourth-order valence-corrected chi connectivity index (χ4v) is 4.15. The molecule has 1 aliphatic rings. The average Bonchev–Trinajstić information content (AvgIpc) is 2.90. The first kappa shape index (κ1) is 15.9. The first-order valence-electron chi connectivity index (χ1n) is 8.69. The van der Waals surface area contributed by atoms with Crippen molar-refractivity contribution >= 4 is 16.9 Å². The molecule has 0 amide bonds. The third-order valence-corrected chi connectivity index (χ3v) is 5.15. The third kappa shape index (κ3) is 2.93. The number of hydrogen-bond donors (Lipinski definition) is 1. The maximum Gasteiger partial charge on any atom is 0.304 e. The molecule has 0 bridgehead atoms. The maximum atomic E-state index is 13.8. The zero-order valence-corrected chi connectivity index (χ0v) is 13.9. The molecule has 0 saturated heterocycles. The number of rotatable bonds is 4. The molecule has 1 aromatic heterocycles. The molecule has 3 nitrogen and oxygen atoms in total. The van der Waals surface area contributed by atoms with Gasteiger partial charge in [0.1, 0.15) is 5.82 Å². The SMILES string of the molecule is O=C(O)C[C@@H]1CCCc2c1n(Cc1ccccc1)c1ccc(F)cc21. The van der Waals surface area contributed by atoms with Crippen molar-refractivity contribution < 1.29 is 14.3 Å². The Morgan fingerprint density at radius 2 is 2.00 bits per heavy atom. The molecular formula is C21H20FNO2. The Hall–Kier alpha value is -2.62. The minimum atomic E-state index is -0.777. The van der Waals surface area contributed by atoms with Crippen LogP contribution < -0.4 is 0 Å². The van der Waals surface area contributed by atoms with Crippen LogP contribution >= 0.6 is 0 Å². The largest absolute Gasteiger partial charge is 0.481 e. The second-order valence-electron chi connectivity index (χ2n) is 6.78. The summed E-state index contributed by atoms with van der Waals surface area (Å²) < 4.78 is 16.0. The van der Waals surface area contributed by atoms with Gasteiger partial charge in [0, 0.05) is 29.1 Å². The Morgan fingerprint density at radius 3 is 2.76 bits per heavy atom. The van der Waals surface area contributed by atoms with Crippen molar-refractivity contribution in [3.05, 3.63) is 71.2 Å². The Labute approximate surface area is 145 Å². The van der Waals surface area contributed by atoms with Gasteiger partial charge in [0.05, 0.1) is 6.42 Å². The Bertz CT molecular complexity index is 930. The highest BCUT2D eigenvalue weighted by Gasteiger charge is 2.29. The van der Waals surface area contributed by atoms with Crippen LogP contribution in [0.2, 0.25) is 0 Å². The van der Waals surface area contributed by atoms with E-state index in [9.17, 15) is 14.3 Å². The van der Waals surface area contributed by atoms with Gasteiger partial charge in [-0.1, -0.05) is 30.3 Å². The number of carboxylic acids is 1. The highest BCUT2D eigenvalue weighted by Crippen LogP contribution is 2.40. The number of carboxylic acid groups (broad SMARTS) is 1. The predicted octanol–water partition coefficient (Wildman–Crippen LogP) is 4.72. The number of hydrogen-bond acceptors (Lipinski definition) is 1. The van der Waals surface area contributed by atoms with Gasteiger partial charge in [-0.05, 0) is 48.6 Å². The topological polar surface area (TPSA) is 42.2 Å². The molecule has 1 heterocycles. The van der Waals surface area contributed by atoms with Crippen molar-refractivity contribution in [1.82, 2.24) is 4.57 Å². The summed E-state index contributed by atoms with van der Waals surface area (Å²) in [7, 11) is 0. The predicted molar refractivity (Wildman–Crippen MR) is 95.4 cm³/mol. The van der Waals surface area contributed by atoms with Gasteiger partial charge in [-0.2, -0.15) is 0 Å². The van der Waals surface area contributed by atoms with Crippen LogP contribution in [0.4, 0.5) is 4.39 Å². The van der Waals surface area contributed by atoms with E-state index in [0.717, 1.165) is 47.0 Å². The number of benzene rings is 2. The molecule has 0 unspecified atom stereocenters. The fourth-order valence-electron chi connectivity index (χ4n) is 4.15. The summed E-state index contributed by atoms with van der Waals surface area (Å²) in [4.78, 5) is 11.3. The second-order valence-corrected chi connectivity index (χ2v) is 6.78. The van der Waals surface area contributed by atoms with Crippen LogP contribution in [0.15, 0.2) is 48.5 Å². The monoisotopic (exact) mass is 337 g/mol. The van der Waals surface area contributed by atoms with Gasteiger partial charge in [-0.25, -0.2) is 4.39 Å². The summed E-state index contributed by atoms with van der Waals surface area (Å²) in [6.07, 6.45) is 2.83. The van der Waals surface area contributed by atoms with Crippen LogP contribution in [0.25, 0.3) is 10.9 Å². The molecule has 0 radical (unpaired) electrons. The van der Waals surface area contributed by atoms with Crippen molar-refractivity contribution in [1.29, 1.82) is 0 Å². The van der Waals surface area contributed by atoms with E-state index in [2.05, 4.69) is 16.7 Å². The van der Waals surface area contributed by atoms with Gasteiger partial charge in [-0.3, -0.25) is 4.79 Å². The van der Waals surface area contributed by atoms with Gasteiger partial charge < -0.3 is 9.67 Å². The molecule has 0 aliphatic heterocycles. The molecule has 25 heavy (non-hydrogen) atoms. The summed E-state index contributed by atoms with van der Waals surface area (Å²) in [5, 5.41) is 10.3. The average molecular weight is 337 g/mol. The summed E-state index contributed by atoms with van der Waals surface area (Å²) in [6, 6.07) is 15.0. The van der Waals surface area contributed by atoms with E-state index in [1.54, 1.807) is 6.07 Å². The van der Waals surface area contributed by atoms with Gasteiger partial charge >= 0.3 is 5.97 Å². The van der Waals surface area contributed by atoms with Crippen molar-refractivity contribution in [2.24, 2.45) is 0 Å². The van der Waals surface area contributed by atoms with E-state index in [1.165, 1.54) is 6.07 Å². The van der Waals surface area contributed by atoms with Crippen LogP contribution in [0.3, 0.4) is 0 Å². The minimum absolute atomic E-state index is 0.0135. The Kier molecular flexibility index (Phi) is 4.04. The quantitative estimate of drug-likeness (QED) is 0.748. The standard InChI is InChI=1S/C21H20FNO2/c22-16-9-10-19-18(12-16)17-8-4-7-15(11-20(24)25)21(17)23(19)13-14-5-2-1-3-6-14/h1-3,5-6,9-10,12,15H,4,7-8,11,13H2,(H,24,25)/t15-/m0/s1. The van der Waals surface area contributed by atoms with Crippen LogP contribution in [0, 0.1) is 5.82 Å². The Morgan fingerprint density at radius 1 is 1.20 bits per heavy atom. The summed E-state index contributed by atoms with van der Waals surface area (Å²) in [6.45, 7) is 0.675. The van der Waals surface area contributed by atoms with E-state index in [0.29, 0.717) is 6.54 Å². The number of nitrogens with zero attached hydrogens (tertiary/aromatic N) is 1. The molecule has 4 rings (SSSR count). The first-order valence-corrected chi connectivity index (χ1v) is 8.69. The van der Waals surface area contributed by atoms with Crippen molar-refractivity contribution in [3.8, 4) is 0 Å². The van der Waals surface area contributed by atoms with Crippen molar-refractivity contribution in [2.45, 2.75) is 38.1 Å². The van der Waals surface area contributed by atoms with E-state index < -0.39 is 5.97 Å². The Balaban J connectivity index is 1.91. The highest BCUT2D eigenvalue weighted by atomic mass is 19.1. The first-order chi connectivity index (χ1) is 12.1. The second kappa shape index (κ2) is 6.36. The summed E-state index contributed by atoms with van der Waals surface area (Å²) in [5.41, 5.74) is 4.36.